The fourth-order valence-electron chi connectivity index (χ4n) is 4.47. The zero-order chi connectivity index (χ0) is 25.5. The molecular weight excluding hydrogens is 454 g/mol. The minimum atomic E-state index is -1.24. The van der Waals surface area contributed by atoms with Crippen molar-refractivity contribution < 1.29 is 33.4 Å². The van der Waals surface area contributed by atoms with E-state index < -0.39 is 29.9 Å². The molecular formula is C25H33N3O7. The Balaban J connectivity index is 2.26. The van der Waals surface area contributed by atoms with E-state index in [4.69, 9.17) is 14.2 Å². The van der Waals surface area contributed by atoms with Crippen LogP contribution in [-0.4, -0.2) is 71.4 Å². The predicted octanol–water partition coefficient (Wildman–Crippen LogP) is 2.60. The van der Waals surface area contributed by atoms with E-state index in [2.05, 4.69) is 4.99 Å². The maximum Gasteiger partial charge on any atom is 0.397 e. The Morgan fingerprint density at radius 1 is 0.971 bits per heavy atom. The van der Waals surface area contributed by atoms with Crippen LogP contribution in [-0.2, 0) is 33.4 Å². The monoisotopic (exact) mass is 487 g/mol. The zero-order valence-corrected chi connectivity index (χ0v) is 20.7. The third kappa shape index (κ3) is 5.63. The summed E-state index contributed by atoms with van der Waals surface area (Å²) in [4.78, 5) is 59.9. The predicted molar refractivity (Wildman–Crippen MR) is 127 cm³/mol. The summed E-state index contributed by atoms with van der Waals surface area (Å²) in [7, 11) is 0. The third-order valence-electron chi connectivity index (χ3n) is 5.96. The summed E-state index contributed by atoms with van der Waals surface area (Å²) in [6.07, 6.45) is 9.14. The number of nitrogens with zero attached hydrogens (tertiary/aromatic N) is 3. The molecule has 1 fully saturated rings. The molecule has 1 saturated carbocycles. The molecule has 10 heteroatoms. The Kier molecular flexibility index (Phi) is 8.84. The number of hydrogen-bond donors (Lipinski definition) is 0. The Bertz CT molecular complexity index is 989. The first-order valence-electron chi connectivity index (χ1n) is 12.2. The van der Waals surface area contributed by atoms with Gasteiger partial charge in [-0.2, -0.15) is 0 Å². The van der Waals surface area contributed by atoms with Crippen molar-refractivity contribution in [2.45, 2.75) is 71.9 Å². The topological polar surface area (TPSA) is 115 Å². The minimum absolute atomic E-state index is 0.0212. The molecule has 2 aliphatic heterocycles. The lowest BCUT2D eigenvalue weighted by molar-refractivity contribution is -0.160. The van der Waals surface area contributed by atoms with Crippen LogP contribution in [0.5, 0.6) is 0 Å². The van der Waals surface area contributed by atoms with Gasteiger partial charge in [-0.25, -0.2) is 19.4 Å². The Labute approximate surface area is 205 Å². The first kappa shape index (κ1) is 26.2. The van der Waals surface area contributed by atoms with Crippen molar-refractivity contribution in [2.24, 2.45) is 4.99 Å². The van der Waals surface area contributed by atoms with Crippen LogP contribution in [0.25, 0.3) is 0 Å². The highest BCUT2D eigenvalue weighted by molar-refractivity contribution is 6.33. The second kappa shape index (κ2) is 11.8. The van der Waals surface area contributed by atoms with Gasteiger partial charge in [0.05, 0.1) is 19.8 Å². The zero-order valence-electron chi connectivity index (χ0n) is 20.7. The van der Waals surface area contributed by atoms with Gasteiger partial charge < -0.3 is 19.1 Å². The van der Waals surface area contributed by atoms with E-state index >= 15 is 0 Å². The number of aliphatic imine (C=N–C) groups is 1. The summed E-state index contributed by atoms with van der Waals surface area (Å²) in [5.41, 5.74) is 0.688. The summed E-state index contributed by atoms with van der Waals surface area (Å²) < 4.78 is 15.6. The van der Waals surface area contributed by atoms with E-state index in [-0.39, 0.29) is 37.3 Å². The number of amides is 1. The number of ether oxygens (including phenoxy) is 3. The summed E-state index contributed by atoms with van der Waals surface area (Å²) >= 11 is 0. The van der Waals surface area contributed by atoms with Gasteiger partial charge in [0.1, 0.15) is 11.4 Å². The second-order valence-electron chi connectivity index (χ2n) is 8.38. The Morgan fingerprint density at radius 3 is 2.26 bits per heavy atom. The van der Waals surface area contributed by atoms with E-state index in [1.54, 1.807) is 33.0 Å². The summed E-state index contributed by atoms with van der Waals surface area (Å²) in [5, 5.41) is 0. The number of fused-ring (bicyclic) bond motifs is 1. The summed E-state index contributed by atoms with van der Waals surface area (Å²) in [6.45, 7) is 6.92. The smallest absolute Gasteiger partial charge is 0.397 e. The van der Waals surface area contributed by atoms with Crippen LogP contribution in [0.3, 0.4) is 0 Å². The number of carbonyl (C=O) groups is 4. The van der Waals surface area contributed by atoms with Crippen molar-refractivity contribution in [3.05, 3.63) is 35.3 Å². The molecule has 2 heterocycles. The largest absolute Gasteiger partial charge is 0.464 e. The molecule has 1 amide bonds. The highest BCUT2D eigenvalue weighted by atomic mass is 16.5. The van der Waals surface area contributed by atoms with Gasteiger partial charge in [-0.3, -0.25) is 9.69 Å². The molecule has 0 bridgehead atoms. The fourth-order valence-corrected chi connectivity index (χ4v) is 4.47. The molecule has 3 rings (SSSR count). The number of esters is 3. The van der Waals surface area contributed by atoms with Gasteiger partial charge in [0.2, 0.25) is 0 Å². The van der Waals surface area contributed by atoms with Crippen molar-refractivity contribution in [3.63, 3.8) is 0 Å². The molecule has 35 heavy (non-hydrogen) atoms. The van der Waals surface area contributed by atoms with Crippen LogP contribution in [0.4, 0.5) is 0 Å². The van der Waals surface area contributed by atoms with Crippen LogP contribution >= 0.6 is 0 Å². The molecule has 1 unspecified atom stereocenters. The highest BCUT2D eigenvalue weighted by Gasteiger charge is 2.46. The molecule has 10 nitrogen and oxygen atoms in total. The molecule has 190 valence electrons. The van der Waals surface area contributed by atoms with Crippen LogP contribution < -0.4 is 0 Å². The lowest BCUT2D eigenvalue weighted by Crippen LogP contribution is -2.53. The van der Waals surface area contributed by atoms with E-state index in [1.807, 2.05) is 13.0 Å². The van der Waals surface area contributed by atoms with Crippen molar-refractivity contribution in [1.29, 1.82) is 0 Å². The van der Waals surface area contributed by atoms with Gasteiger partial charge in [0, 0.05) is 12.2 Å². The molecule has 1 atom stereocenters. The molecule has 0 N–H and O–H groups in total. The molecule has 0 radical (unpaired) electrons. The lowest BCUT2D eigenvalue weighted by atomic mass is 9.93. The molecule has 3 aliphatic rings. The van der Waals surface area contributed by atoms with E-state index in [0.717, 1.165) is 24.8 Å². The number of hydrogen-bond acceptors (Lipinski definition) is 9. The lowest BCUT2D eigenvalue weighted by Gasteiger charge is -2.40. The van der Waals surface area contributed by atoms with Crippen LogP contribution in [0, 0.1) is 0 Å². The van der Waals surface area contributed by atoms with Gasteiger partial charge >= 0.3 is 23.8 Å². The van der Waals surface area contributed by atoms with Crippen LogP contribution in [0.2, 0.25) is 0 Å². The maximum absolute atomic E-state index is 13.4. The number of amidine groups is 1. The van der Waals surface area contributed by atoms with E-state index in [0.29, 0.717) is 18.7 Å². The normalized spacial score (nSPS) is 19.9. The number of allylic oxidation sites excluding steroid dienone is 2. The van der Waals surface area contributed by atoms with Gasteiger partial charge in [-0.15, -0.1) is 0 Å². The summed E-state index contributed by atoms with van der Waals surface area (Å²) in [5.74, 6) is -3.20. The van der Waals surface area contributed by atoms with Crippen LogP contribution in [0.15, 0.2) is 40.3 Å². The molecule has 0 aromatic carbocycles. The third-order valence-corrected chi connectivity index (χ3v) is 5.96. The van der Waals surface area contributed by atoms with Crippen molar-refractivity contribution >= 4 is 29.7 Å². The fraction of sp³-hybridized carbons (Fsp3) is 0.560. The van der Waals surface area contributed by atoms with Gasteiger partial charge in [-0.1, -0.05) is 25.3 Å². The van der Waals surface area contributed by atoms with Gasteiger partial charge in [-0.05, 0) is 52.2 Å². The van der Waals surface area contributed by atoms with E-state index in [9.17, 15) is 19.2 Å². The standard InChI is InChI=1S/C25H33N3O7/c1-5-33-23(30)19-20(24(31)34-6-2)27-15-16(4)13-14-18(27)26-21(19)28(17-11-9-8-10-12-17)22(29)25(32)35-7-3/h13-15,17,20H,5-12H2,1-4H3. The van der Waals surface area contributed by atoms with Crippen LogP contribution in [0.1, 0.15) is 59.8 Å². The summed E-state index contributed by atoms with van der Waals surface area (Å²) in [6, 6.07) is -1.62. The second-order valence-corrected chi connectivity index (χ2v) is 8.38. The van der Waals surface area contributed by atoms with Crippen molar-refractivity contribution in [3.8, 4) is 0 Å². The molecule has 0 spiro atoms. The average molecular weight is 488 g/mol. The molecule has 0 aromatic rings. The first-order chi connectivity index (χ1) is 16.8. The highest BCUT2D eigenvalue weighted by Crippen LogP contribution is 2.34. The van der Waals surface area contributed by atoms with Gasteiger partial charge in [0.25, 0.3) is 0 Å². The molecule has 0 saturated heterocycles. The maximum atomic E-state index is 13.4. The Morgan fingerprint density at radius 2 is 1.63 bits per heavy atom. The van der Waals surface area contributed by atoms with Crippen molar-refractivity contribution in [2.75, 3.05) is 19.8 Å². The molecule has 1 aliphatic carbocycles. The van der Waals surface area contributed by atoms with E-state index in [1.165, 1.54) is 9.80 Å². The quantitative estimate of drug-likeness (QED) is 0.306. The number of carbonyl (C=O) groups excluding carboxylic acids is 4. The van der Waals surface area contributed by atoms with Gasteiger partial charge in [0.15, 0.2) is 11.9 Å². The SMILES string of the molecule is CCOC(=O)C(=O)N(C1=C(C(=O)OCC)C(C(=O)OCC)N2C=C(C)C=CC2=N1)C1CCCCC1. The Hall–Kier alpha value is -3.43. The van der Waals surface area contributed by atoms with Crippen molar-refractivity contribution in [1.82, 2.24) is 9.80 Å². The number of rotatable bonds is 7. The minimum Gasteiger partial charge on any atom is -0.464 e. The molecule has 0 aromatic heterocycles. The average Bonchev–Trinajstić information content (AvgIpc) is 2.84. The first-order valence-corrected chi connectivity index (χ1v) is 12.2.